The van der Waals surface area contributed by atoms with Gasteiger partial charge in [-0.3, -0.25) is 4.68 Å². The highest BCUT2D eigenvalue weighted by Crippen LogP contribution is 2.26. The van der Waals surface area contributed by atoms with Gasteiger partial charge in [0.15, 0.2) is 0 Å². The maximum Gasteiger partial charge on any atom is 0.241 e. The number of nitrogens with one attached hydrogen (secondary N) is 1. The molecule has 6 nitrogen and oxygen atoms in total. The van der Waals surface area contributed by atoms with Gasteiger partial charge in [0.05, 0.1) is 10.6 Å². The number of nitrogens with two attached hydrogens (primary N) is 1. The Morgan fingerprint density at radius 2 is 2.05 bits per heavy atom. The molecule has 8 heteroatoms. The molecule has 0 aliphatic carbocycles. The molecule has 0 atom stereocenters. The van der Waals surface area contributed by atoms with Crippen molar-refractivity contribution in [3.05, 3.63) is 39.6 Å². The molecule has 0 saturated carbocycles. The minimum absolute atomic E-state index is 0.177. The van der Waals surface area contributed by atoms with Crippen molar-refractivity contribution in [2.75, 3.05) is 5.73 Å². The third-order valence-corrected chi connectivity index (χ3v) is 5.21. The van der Waals surface area contributed by atoms with Crippen molar-refractivity contribution in [2.24, 2.45) is 7.05 Å². The normalized spacial score (nSPS) is 11.8. The van der Waals surface area contributed by atoms with E-state index in [2.05, 4.69) is 25.8 Å². The maximum absolute atomic E-state index is 12.4. The smallest absolute Gasteiger partial charge is 0.241 e. The molecule has 0 fully saturated rings. The Morgan fingerprint density at radius 1 is 1.38 bits per heavy atom. The van der Waals surface area contributed by atoms with Gasteiger partial charge >= 0.3 is 0 Å². The summed E-state index contributed by atoms with van der Waals surface area (Å²) in [5, 5.41) is 4.18. The second kappa shape index (κ2) is 5.78. The van der Waals surface area contributed by atoms with Crippen LogP contribution in [0.1, 0.15) is 16.8 Å². The molecule has 3 N–H and O–H groups in total. The summed E-state index contributed by atoms with van der Waals surface area (Å²) in [4.78, 5) is 0.177. The number of aromatic nitrogens is 2. The fourth-order valence-electron chi connectivity index (χ4n) is 2.03. The Kier molecular flexibility index (Phi) is 4.40. The Labute approximate surface area is 132 Å². The molecule has 1 aromatic carbocycles. The van der Waals surface area contributed by atoms with Crippen LogP contribution in [0.3, 0.4) is 0 Å². The summed E-state index contributed by atoms with van der Waals surface area (Å²) in [5.41, 5.74) is 8.42. The van der Waals surface area contributed by atoms with Crippen molar-refractivity contribution in [1.82, 2.24) is 14.5 Å². The number of benzene rings is 1. The fraction of sp³-hybridized carbons (Fsp3) is 0.308. The van der Waals surface area contributed by atoms with Crippen LogP contribution in [0.5, 0.6) is 0 Å². The summed E-state index contributed by atoms with van der Waals surface area (Å²) in [6.45, 7) is 3.71. The predicted molar refractivity (Wildman–Crippen MR) is 85.3 cm³/mol. The number of anilines is 1. The van der Waals surface area contributed by atoms with E-state index in [0.29, 0.717) is 15.7 Å². The second-order valence-corrected chi connectivity index (χ2v) is 7.51. The number of aryl methyl sites for hydroxylation is 2. The van der Waals surface area contributed by atoms with Gasteiger partial charge in [0.25, 0.3) is 0 Å². The van der Waals surface area contributed by atoms with E-state index in [9.17, 15) is 8.42 Å². The van der Waals surface area contributed by atoms with Gasteiger partial charge in [0, 0.05) is 35.5 Å². The number of halogens is 1. The zero-order chi connectivity index (χ0) is 15.8. The van der Waals surface area contributed by atoms with E-state index in [1.807, 2.05) is 6.92 Å². The van der Waals surface area contributed by atoms with Crippen LogP contribution in [0.15, 0.2) is 27.7 Å². The van der Waals surface area contributed by atoms with Gasteiger partial charge in [-0.15, -0.1) is 0 Å². The molecule has 0 radical (unpaired) electrons. The van der Waals surface area contributed by atoms with E-state index < -0.39 is 10.0 Å². The molecule has 21 heavy (non-hydrogen) atoms. The average molecular weight is 373 g/mol. The van der Waals surface area contributed by atoms with Crippen molar-refractivity contribution in [3.63, 3.8) is 0 Å². The highest BCUT2D eigenvalue weighted by Gasteiger charge is 2.19. The first-order valence-corrected chi connectivity index (χ1v) is 8.52. The Bertz CT molecular complexity index is 784. The van der Waals surface area contributed by atoms with Gasteiger partial charge in [-0.05, 0) is 31.5 Å². The first-order valence-electron chi connectivity index (χ1n) is 6.25. The van der Waals surface area contributed by atoms with Crippen LogP contribution in [0.2, 0.25) is 0 Å². The Morgan fingerprint density at radius 3 is 2.62 bits per heavy atom. The van der Waals surface area contributed by atoms with Gasteiger partial charge in [-0.25, -0.2) is 13.1 Å². The second-order valence-electron chi connectivity index (χ2n) is 4.86. The van der Waals surface area contributed by atoms with Gasteiger partial charge in [0.2, 0.25) is 10.0 Å². The number of sulfonamides is 1. The van der Waals surface area contributed by atoms with Crippen LogP contribution in [0, 0.1) is 13.8 Å². The average Bonchev–Trinajstić information content (AvgIpc) is 2.70. The summed E-state index contributed by atoms with van der Waals surface area (Å²) >= 11 is 3.27. The van der Waals surface area contributed by atoms with Crippen molar-refractivity contribution < 1.29 is 8.42 Å². The van der Waals surface area contributed by atoms with E-state index in [1.165, 1.54) is 0 Å². The van der Waals surface area contributed by atoms with E-state index in [1.54, 1.807) is 37.0 Å². The third-order valence-electron chi connectivity index (χ3n) is 3.22. The molecule has 2 rings (SSSR count). The maximum atomic E-state index is 12.4. The number of nitrogens with zero attached hydrogens (tertiary/aromatic N) is 2. The van der Waals surface area contributed by atoms with E-state index in [4.69, 9.17) is 5.73 Å². The highest BCUT2D eigenvalue weighted by atomic mass is 79.9. The van der Waals surface area contributed by atoms with Crippen molar-refractivity contribution in [1.29, 1.82) is 0 Å². The van der Waals surface area contributed by atoms with Crippen molar-refractivity contribution in [3.8, 4) is 0 Å². The molecule has 0 amide bonds. The summed E-state index contributed by atoms with van der Waals surface area (Å²) in [6, 6.07) is 3.23. The fourth-order valence-corrected chi connectivity index (χ4v) is 3.96. The molecule has 2 aromatic rings. The highest BCUT2D eigenvalue weighted by molar-refractivity contribution is 9.10. The quantitative estimate of drug-likeness (QED) is 0.801. The first-order chi connectivity index (χ1) is 9.70. The van der Waals surface area contributed by atoms with Crippen LogP contribution in [-0.2, 0) is 23.6 Å². The number of rotatable bonds is 4. The third kappa shape index (κ3) is 3.45. The molecule has 0 aliphatic rings. The van der Waals surface area contributed by atoms with E-state index in [-0.39, 0.29) is 11.4 Å². The van der Waals surface area contributed by atoms with Crippen molar-refractivity contribution in [2.45, 2.75) is 25.3 Å². The topological polar surface area (TPSA) is 90.0 Å². The van der Waals surface area contributed by atoms with E-state index in [0.717, 1.165) is 11.3 Å². The lowest BCUT2D eigenvalue weighted by atomic mass is 10.2. The number of hydrogen-bond acceptors (Lipinski definition) is 4. The standard InChI is InChI=1S/C13H17BrN4O2S/c1-8-12(15)4-11(14)5-13(8)21(19,20)16-6-10-7-18(3)17-9(10)2/h4-5,7,16H,6,15H2,1-3H3. The molecule has 1 heterocycles. The lowest BCUT2D eigenvalue weighted by molar-refractivity contribution is 0.580. The van der Waals surface area contributed by atoms with Gasteiger partial charge in [-0.2, -0.15) is 5.10 Å². The summed E-state index contributed by atoms with van der Waals surface area (Å²) in [5.74, 6) is 0. The Balaban J connectivity index is 2.29. The molecule has 0 aliphatic heterocycles. The monoisotopic (exact) mass is 372 g/mol. The summed E-state index contributed by atoms with van der Waals surface area (Å²) in [6.07, 6.45) is 1.79. The van der Waals surface area contributed by atoms with Crippen LogP contribution in [0.25, 0.3) is 0 Å². The molecule has 1 aromatic heterocycles. The van der Waals surface area contributed by atoms with Crippen molar-refractivity contribution >= 4 is 31.6 Å². The van der Waals surface area contributed by atoms with Crippen LogP contribution in [0.4, 0.5) is 5.69 Å². The molecule has 0 saturated heterocycles. The molecular formula is C13H17BrN4O2S. The SMILES string of the molecule is Cc1nn(C)cc1CNS(=O)(=O)c1cc(Br)cc(N)c1C. The van der Waals surface area contributed by atoms with Gasteiger partial charge in [-0.1, -0.05) is 15.9 Å². The summed E-state index contributed by atoms with van der Waals surface area (Å²) < 4.78 is 29.7. The minimum atomic E-state index is -3.64. The molecule has 0 unspecified atom stereocenters. The lowest BCUT2D eigenvalue weighted by Gasteiger charge is -2.11. The van der Waals surface area contributed by atoms with E-state index >= 15 is 0 Å². The molecule has 0 bridgehead atoms. The van der Waals surface area contributed by atoms with Gasteiger partial charge < -0.3 is 5.73 Å². The Hall–Kier alpha value is -1.38. The number of hydrogen-bond donors (Lipinski definition) is 2. The van der Waals surface area contributed by atoms with Crippen LogP contribution >= 0.6 is 15.9 Å². The first kappa shape index (κ1) is 16.0. The van der Waals surface area contributed by atoms with Crippen LogP contribution < -0.4 is 10.5 Å². The molecule has 114 valence electrons. The predicted octanol–water partition coefficient (Wildman–Crippen LogP) is 1.86. The molecular weight excluding hydrogens is 356 g/mol. The number of nitrogen functional groups attached to an aromatic ring is 1. The minimum Gasteiger partial charge on any atom is -0.398 e. The summed E-state index contributed by atoms with van der Waals surface area (Å²) in [7, 11) is -1.84. The zero-order valence-electron chi connectivity index (χ0n) is 12.0. The zero-order valence-corrected chi connectivity index (χ0v) is 14.4. The lowest BCUT2D eigenvalue weighted by Crippen LogP contribution is -2.24. The molecule has 0 spiro atoms. The van der Waals surface area contributed by atoms with Crippen LogP contribution in [-0.4, -0.2) is 18.2 Å². The largest absolute Gasteiger partial charge is 0.398 e. The van der Waals surface area contributed by atoms with Gasteiger partial charge in [0.1, 0.15) is 0 Å².